The number of carbonyl (C=O) groups is 1. The van der Waals surface area contributed by atoms with Gasteiger partial charge in [-0.1, -0.05) is 6.92 Å². The molecule has 3 aliphatic heterocycles. The lowest BCUT2D eigenvalue weighted by molar-refractivity contribution is -0.123. The van der Waals surface area contributed by atoms with Gasteiger partial charge in [-0.05, 0) is 45.3 Å². The molecule has 3 fully saturated rings. The molecular weight excluding hydrogens is 214 g/mol. The third kappa shape index (κ3) is 3.42. The molecule has 0 aliphatic carbocycles. The summed E-state index contributed by atoms with van der Waals surface area (Å²) in [6, 6.07) is 0.680. The van der Waals surface area contributed by atoms with Crippen LogP contribution >= 0.6 is 0 Å². The molecule has 0 saturated carbocycles. The highest BCUT2D eigenvalue weighted by Gasteiger charge is 2.34. The third-order valence-corrected chi connectivity index (χ3v) is 4.05. The molecule has 4 nitrogen and oxygen atoms in total. The number of nitrogens with zero attached hydrogens (tertiary/aromatic N) is 1. The molecule has 0 spiro atoms. The van der Waals surface area contributed by atoms with Crippen molar-refractivity contribution in [3.63, 3.8) is 0 Å². The molecule has 98 valence electrons. The zero-order chi connectivity index (χ0) is 12.3. The van der Waals surface area contributed by atoms with Crippen LogP contribution in [0.1, 0.15) is 33.1 Å². The van der Waals surface area contributed by atoms with E-state index in [0.29, 0.717) is 12.5 Å². The molecule has 2 bridgehead atoms. The van der Waals surface area contributed by atoms with Crippen molar-refractivity contribution in [1.82, 2.24) is 15.5 Å². The van der Waals surface area contributed by atoms with E-state index in [1.807, 2.05) is 0 Å². The van der Waals surface area contributed by atoms with E-state index in [9.17, 15) is 4.79 Å². The maximum absolute atomic E-state index is 11.9. The molecule has 2 atom stereocenters. The topological polar surface area (TPSA) is 44.4 Å². The fourth-order valence-corrected chi connectivity index (χ4v) is 3.09. The summed E-state index contributed by atoms with van der Waals surface area (Å²) < 4.78 is 0. The monoisotopic (exact) mass is 239 g/mol. The van der Waals surface area contributed by atoms with E-state index < -0.39 is 0 Å². The van der Waals surface area contributed by atoms with Gasteiger partial charge in [0.05, 0.1) is 0 Å². The Morgan fingerprint density at radius 1 is 1.41 bits per heavy atom. The molecule has 2 unspecified atom stereocenters. The Labute approximate surface area is 104 Å². The molecule has 0 aromatic heterocycles. The SMILES string of the molecule is CCNC(C)CC(=O)NC1CN2CCC1CC2. The van der Waals surface area contributed by atoms with Crippen LogP contribution in [0.15, 0.2) is 0 Å². The summed E-state index contributed by atoms with van der Waals surface area (Å²) in [6.07, 6.45) is 3.11. The molecule has 0 aromatic rings. The van der Waals surface area contributed by atoms with E-state index in [1.165, 1.54) is 25.9 Å². The van der Waals surface area contributed by atoms with Gasteiger partial charge in [-0.3, -0.25) is 4.79 Å². The summed E-state index contributed by atoms with van der Waals surface area (Å²) in [6.45, 7) is 8.58. The second kappa shape index (κ2) is 5.83. The predicted molar refractivity (Wildman–Crippen MR) is 68.9 cm³/mol. The van der Waals surface area contributed by atoms with E-state index in [-0.39, 0.29) is 11.9 Å². The van der Waals surface area contributed by atoms with Crippen molar-refractivity contribution in [2.24, 2.45) is 5.92 Å². The Balaban J connectivity index is 1.75. The Morgan fingerprint density at radius 3 is 2.65 bits per heavy atom. The van der Waals surface area contributed by atoms with Crippen LogP contribution in [-0.2, 0) is 4.79 Å². The number of amides is 1. The summed E-state index contributed by atoms with van der Waals surface area (Å²) >= 11 is 0. The van der Waals surface area contributed by atoms with Crippen LogP contribution in [0.2, 0.25) is 0 Å². The molecule has 4 heteroatoms. The first kappa shape index (κ1) is 12.8. The van der Waals surface area contributed by atoms with E-state index >= 15 is 0 Å². The normalized spacial score (nSPS) is 33.4. The quantitative estimate of drug-likeness (QED) is 0.738. The van der Waals surface area contributed by atoms with Gasteiger partial charge in [-0.2, -0.15) is 0 Å². The van der Waals surface area contributed by atoms with Gasteiger partial charge in [0, 0.05) is 25.0 Å². The second-order valence-electron chi connectivity index (χ2n) is 5.47. The molecule has 0 aromatic carbocycles. The smallest absolute Gasteiger partial charge is 0.221 e. The highest BCUT2D eigenvalue weighted by atomic mass is 16.1. The van der Waals surface area contributed by atoms with Gasteiger partial charge in [-0.15, -0.1) is 0 Å². The largest absolute Gasteiger partial charge is 0.352 e. The first-order valence-electron chi connectivity index (χ1n) is 6.94. The maximum Gasteiger partial charge on any atom is 0.221 e. The number of nitrogens with one attached hydrogen (secondary N) is 2. The lowest BCUT2D eigenvalue weighted by Crippen LogP contribution is -2.57. The van der Waals surface area contributed by atoms with Crippen LogP contribution in [0.25, 0.3) is 0 Å². The summed E-state index contributed by atoms with van der Waals surface area (Å²) in [5, 5.41) is 6.50. The number of piperidine rings is 3. The molecule has 3 aliphatic rings. The van der Waals surface area contributed by atoms with Crippen molar-refractivity contribution in [3.05, 3.63) is 0 Å². The standard InChI is InChI=1S/C13H25N3O/c1-3-14-10(2)8-13(17)15-12-9-16-6-4-11(12)5-7-16/h10-12,14H,3-9H2,1-2H3,(H,15,17). The number of hydrogen-bond donors (Lipinski definition) is 2. The average Bonchev–Trinajstić information content (AvgIpc) is 2.30. The van der Waals surface area contributed by atoms with Gasteiger partial charge in [0.25, 0.3) is 0 Å². The minimum Gasteiger partial charge on any atom is -0.352 e. The van der Waals surface area contributed by atoms with Gasteiger partial charge in [0.2, 0.25) is 5.91 Å². The number of fused-ring (bicyclic) bond motifs is 3. The second-order valence-corrected chi connectivity index (χ2v) is 5.47. The van der Waals surface area contributed by atoms with Crippen molar-refractivity contribution in [1.29, 1.82) is 0 Å². The van der Waals surface area contributed by atoms with Crippen LogP contribution in [-0.4, -0.2) is 49.1 Å². The average molecular weight is 239 g/mol. The maximum atomic E-state index is 11.9. The fourth-order valence-electron chi connectivity index (χ4n) is 3.09. The number of carbonyl (C=O) groups excluding carboxylic acids is 1. The van der Waals surface area contributed by atoms with Gasteiger partial charge in [-0.25, -0.2) is 0 Å². The van der Waals surface area contributed by atoms with E-state index in [1.54, 1.807) is 0 Å². The van der Waals surface area contributed by atoms with Crippen LogP contribution in [0, 0.1) is 5.92 Å². The molecule has 3 heterocycles. The number of hydrogen-bond acceptors (Lipinski definition) is 3. The highest BCUT2D eigenvalue weighted by Crippen LogP contribution is 2.27. The summed E-state index contributed by atoms with van der Waals surface area (Å²) in [4.78, 5) is 14.4. The van der Waals surface area contributed by atoms with Crippen molar-refractivity contribution < 1.29 is 4.79 Å². The van der Waals surface area contributed by atoms with Gasteiger partial charge in [0.1, 0.15) is 0 Å². The highest BCUT2D eigenvalue weighted by molar-refractivity contribution is 5.76. The van der Waals surface area contributed by atoms with Crippen LogP contribution in [0.5, 0.6) is 0 Å². The minimum absolute atomic E-state index is 0.206. The molecule has 2 N–H and O–H groups in total. The van der Waals surface area contributed by atoms with Crippen LogP contribution in [0.3, 0.4) is 0 Å². The van der Waals surface area contributed by atoms with Crippen molar-refractivity contribution >= 4 is 5.91 Å². The van der Waals surface area contributed by atoms with Crippen molar-refractivity contribution in [3.8, 4) is 0 Å². The first-order valence-corrected chi connectivity index (χ1v) is 6.94. The molecule has 3 saturated heterocycles. The van der Waals surface area contributed by atoms with Crippen LogP contribution in [0.4, 0.5) is 0 Å². The molecule has 1 amide bonds. The molecule has 0 radical (unpaired) electrons. The van der Waals surface area contributed by atoms with Crippen molar-refractivity contribution in [2.75, 3.05) is 26.2 Å². The minimum atomic E-state index is 0.206. The van der Waals surface area contributed by atoms with Gasteiger partial charge in [0.15, 0.2) is 0 Å². The van der Waals surface area contributed by atoms with Crippen molar-refractivity contribution in [2.45, 2.75) is 45.2 Å². The summed E-state index contributed by atoms with van der Waals surface area (Å²) in [5.74, 6) is 0.926. The molecular formula is C13H25N3O. The van der Waals surface area contributed by atoms with E-state index in [2.05, 4.69) is 29.4 Å². The van der Waals surface area contributed by atoms with E-state index in [4.69, 9.17) is 0 Å². The Kier molecular flexibility index (Phi) is 4.40. The predicted octanol–water partition coefficient (Wildman–Crippen LogP) is 0.585. The lowest BCUT2D eigenvalue weighted by Gasteiger charge is -2.45. The lowest BCUT2D eigenvalue weighted by atomic mass is 9.84. The fraction of sp³-hybridized carbons (Fsp3) is 0.923. The first-order chi connectivity index (χ1) is 8.19. The van der Waals surface area contributed by atoms with Gasteiger partial charge >= 0.3 is 0 Å². The van der Waals surface area contributed by atoms with Crippen LogP contribution < -0.4 is 10.6 Å². The van der Waals surface area contributed by atoms with E-state index in [0.717, 1.165) is 19.0 Å². The molecule has 3 rings (SSSR count). The number of rotatable bonds is 5. The summed E-state index contributed by atoms with van der Waals surface area (Å²) in [7, 11) is 0. The third-order valence-electron chi connectivity index (χ3n) is 4.05. The summed E-state index contributed by atoms with van der Waals surface area (Å²) in [5.41, 5.74) is 0. The Bertz CT molecular complexity index is 261. The Morgan fingerprint density at radius 2 is 2.12 bits per heavy atom. The van der Waals surface area contributed by atoms with Gasteiger partial charge < -0.3 is 15.5 Å². The molecule has 17 heavy (non-hydrogen) atoms. The Hall–Kier alpha value is -0.610. The zero-order valence-corrected chi connectivity index (χ0v) is 11.0. The zero-order valence-electron chi connectivity index (χ0n) is 11.0.